The van der Waals surface area contributed by atoms with E-state index in [-0.39, 0.29) is 16.8 Å². The van der Waals surface area contributed by atoms with Gasteiger partial charge >= 0.3 is 0 Å². The molecule has 0 saturated heterocycles. The van der Waals surface area contributed by atoms with E-state index >= 15 is 0 Å². The average Bonchev–Trinajstić information content (AvgIpc) is 3.80. The van der Waals surface area contributed by atoms with Crippen LogP contribution in [0.15, 0.2) is 78.9 Å². The fraction of sp³-hybridized carbons (Fsp3) is 0.355. The molecule has 0 spiro atoms. The number of rotatable bonds is 13. The van der Waals surface area contributed by atoms with Crippen molar-refractivity contribution in [3.05, 3.63) is 101 Å². The lowest BCUT2D eigenvalue weighted by atomic mass is 9.94. The van der Waals surface area contributed by atoms with Crippen molar-refractivity contribution in [3.63, 3.8) is 0 Å². The maximum atomic E-state index is 14.5. The lowest BCUT2D eigenvalue weighted by molar-refractivity contribution is 0.0221. The summed E-state index contributed by atoms with van der Waals surface area (Å²) in [7, 11) is -2.35. The van der Waals surface area contributed by atoms with Crippen molar-refractivity contribution in [1.29, 1.82) is 0 Å². The zero-order valence-electron chi connectivity index (χ0n) is 23.6. The van der Waals surface area contributed by atoms with E-state index in [0.29, 0.717) is 19.0 Å². The zero-order chi connectivity index (χ0) is 29.7. The van der Waals surface area contributed by atoms with Gasteiger partial charge in [-0.15, -0.1) is 0 Å². The minimum absolute atomic E-state index is 0.00391. The van der Waals surface area contributed by atoms with Crippen molar-refractivity contribution >= 4 is 27.5 Å². The standard InChI is InChI=1S/C31H38N4O5S/c1-21(23-12-8-5-9-13-23)35(28(16-22-10-6-4-7-11-22)29(36)20-33-26-14-15-26)31(38)25-17-24(30(32)37)18-27(19-25)34(2)41(3,39)40/h4-13,17-19,21,26,28-29,33,36H,14-16,20H2,1-3H3,(H2,32,37)/t21-,28+,29-/m1/s1. The normalized spacial score (nSPS) is 15.5. The van der Waals surface area contributed by atoms with Crippen LogP contribution < -0.4 is 15.4 Å². The molecule has 2 amide bonds. The van der Waals surface area contributed by atoms with Crippen LogP contribution in [0, 0.1) is 0 Å². The van der Waals surface area contributed by atoms with Gasteiger partial charge in [0, 0.05) is 30.8 Å². The van der Waals surface area contributed by atoms with Gasteiger partial charge in [0.1, 0.15) is 0 Å². The Morgan fingerprint density at radius 1 is 1.00 bits per heavy atom. The van der Waals surface area contributed by atoms with E-state index < -0.39 is 40.0 Å². The molecule has 1 fully saturated rings. The lowest BCUT2D eigenvalue weighted by Gasteiger charge is -2.40. The molecule has 0 heterocycles. The molecule has 3 atom stereocenters. The van der Waals surface area contributed by atoms with Gasteiger partial charge in [-0.2, -0.15) is 0 Å². The number of aliphatic hydroxyl groups excluding tert-OH is 1. The van der Waals surface area contributed by atoms with Gasteiger partial charge in [0.2, 0.25) is 15.9 Å². The van der Waals surface area contributed by atoms with Gasteiger partial charge in [0.05, 0.1) is 30.1 Å². The quantitative estimate of drug-likeness (QED) is 0.286. The number of nitrogens with two attached hydrogens (primary N) is 1. The molecule has 3 aromatic rings. The Morgan fingerprint density at radius 3 is 2.15 bits per heavy atom. The molecule has 41 heavy (non-hydrogen) atoms. The summed E-state index contributed by atoms with van der Waals surface area (Å²) in [5, 5.41) is 15.0. The Kier molecular flexibility index (Phi) is 9.47. The van der Waals surface area contributed by atoms with Crippen LogP contribution in [0.2, 0.25) is 0 Å². The van der Waals surface area contributed by atoms with E-state index in [1.165, 1.54) is 25.2 Å². The number of carbonyl (C=O) groups is 2. The first-order chi connectivity index (χ1) is 19.5. The molecule has 1 aliphatic rings. The van der Waals surface area contributed by atoms with Crippen LogP contribution >= 0.6 is 0 Å². The monoisotopic (exact) mass is 578 g/mol. The number of hydrogen-bond donors (Lipinski definition) is 3. The van der Waals surface area contributed by atoms with E-state index in [9.17, 15) is 23.1 Å². The van der Waals surface area contributed by atoms with Crippen LogP contribution in [0.3, 0.4) is 0 Å². The molecule has 0 radical (unpaired) electrons. The number of benzene rings is 3. The number of carbonyl (C=O) groups excluding carboxylic acids is 2. The molecular formula is C31H38N4O5S. The van der Waals surface area contributed by atoms with Crippen molar-refractivity contribution in [2.45, 2.75) is 50.4 Å². The van der Waals surface area contributed by atoms with Gasteiger partial charge in [0.15, 0.2) is 0 Å². The Bertz CT molecular complexity index is 1460. The summed E-state index contributed by atoms with van der Waals surface area (Å²) >= 11 is 0. The second kappa shape index (κ2) is 12.8. The molecule has 0 aliphatic heterocycles. The zero-order valence-corrected chi connectivity index (χ0v) is 24.4. The van der Waals surface area contributed by atoms with Crippen molar-refractivity contribution < 1.29 is 23.1 Å². The van der Waals surface area contributed by atoms with Gasteiger partial charge in [-0.3, -0.25) is 13.9 Å². The number of nitrogens with one attached hydrogen (secondary N) is 1. The predicted octanol–water partition coefficient (Wildman–Crippen LogP) is 3.11. The van der Waals surface area contributed by atoms with E-state index in [1.54, 1.807) is 4.90 Å². The second-order valence-corrected chi connectivity index (χ2v) is 12.7. The summed E-state index contributed by atoms with van der Waals surface area (Å²) in [6, 6.07) is 22.6. The predicted molar refractivity (Wildman–Crippen MR) is 160 cm³/mol. The number of nitrogens with zero attached hydrogens (tertiary/aromatic N) is 2. The summed E-state index contributed by atoms with van der Waals surface area (Å²) in [6.45, 7) is 2.20. The number of aliphatic hydroxyl groups is 1. The Hall–Kier alpha value is -3.73. The van der Waals surface area contributed by atoms with E-state index in [4.69, 9.17) is 5.73 Å². The van der Waals surface area contributed by atoms with Crippen LogP contribution in [0.25, 0.3) is 0 Å². The van der Waals surface area contributed by atoms with Crippen molar-refractivity contribution in [3.8, 4) is 0 Å². The number of hydrogen-bond acceptors (Lipinski definition) is 6. The highest BCUT2D eigenvalue weighted by atomic mass is 32.2. The molecule has 1 saturated carbocycles. The molecule has 0 unspecified atom stereocenters. The van der Waals surface area contributed by atoms with Crippen molar-refractivity contribution in [2.75, 3.05) is 24.2 Å². The Balaban J connectivity index is 1.83. The third-order valence-corrected chi connectivity index (χ3v) is 8.73. The highest BCUT2D eigenvalue weighted by Crippen LogP contribution is 2.30. The first kappa shape index (κ1) is 30.2. The highest BCUT2D eigenvalue weighted by molar-refractivity contribution is 7.92. The molecule has 4 rings (SSSR count). The number of amides is 2. The molecule has 218 valence electrons. The van der Waals surface area contributed by atoms with Crippen LogP contribution in [-0.2, 0) is 16.4 Å². The first-order valence-electron chi connectivity index (χ1n) is 13.7. The number of anilines is 1. The van der Waals surface area contributed by atoms with Gasteiger partial charge in [0.25, 0.3) is 5.91 Å². The maximum absolute atomic E-state index is 14.5. The number of primary amides is 1. The fourth-order valence-corrected chi connectivity index (χ4v) is 5.38. The molecule has 10 heteroatoms. The first-order valence-corrected chi connectivity index (χ1v) is 15.5. The van der Waals surface area contributed by atoms with Gasteiger partial charge < -0.3 is 21.1 Å². The minimum atomic E-state index is -3.69. The summed E-state index contributed by atoms with van der Waals surface area (Å²) in [6.07, 6.45) is 2.60. The third-order valence-electron chi connectivity index (χ3n) is 7.53. The number of sulfonamides is 1. The largest absolute Gasteiger partial charge is 0.390 e. The molecule has 9 nitrogen and oxygen atoms in total. The highest BCUT2D eigenvalue weighted by Gasteiger charge is 2.36. The topological polar surface area (TPSA) is 133 Å². The van der Waals surface area contributed by atoms with E-state index in [2.05, 4.69) is 5.32 Å². The van der Waals surface area contributed by atoms with E-state index in [1.807, 2.05) is 67.6 Å². The minimum Gasteiger partial charge on any atom is -0.390 e. The molecule has 4 N–H and O–H groups in total. The van der Waals surface area contributed by atoms with Crippen LogP contribution in [0.5, 0.6) is 0 Å². The van der Waals surface area contributed by atoms with E-state index in [0.717, 1.165) is 34.5 Å². The average molecular weight is 579 g/mol. The molecule has 0 bridgehead atoms. The molecule has 0 aromatic heterocycles. The van der Waals surface area contributed by atoms with Gasteiger partial charge in [-0.05, 0) is 55.5 Å². The summed E-state index contributed by atoms with van der Waals surface area (Å²) in [5.74, 6) is -1.25. The van der Waals surface area contributed by atoms with Crippen molar-refractivity contribution in [2.24, 2.45) is 5.73 Å². The van der Waals surface area contributed by atoms with Gasteiger partial charge in [-0.1, -0.05) is 60.7 Å². The fourth-order valence-electron chi connectivity index (χ4n) is 4.89. The Morgan fingerprint density at radius 2 is 1.59 bits per heavy atom. The summed E-state index contributed by atoms with van der Waals surface area (Å²) < 4.78 is 25.7. The van der Waals surface area contributed by atoms with Gasteiger partial charge in [-0.25, -0.2) is 8.42 Å². The SMILES string of the molecule is C[C@H](c1ccccc1)N(C(=O)c1cc(C(N)=O)cc(N(C)S(C)(=O)=O)c1)[C@@H](Cc1ccccc1)[C@H](O)CNC1CC1. The second-order valence-electron chi connectivity index (χ2n) is 10.7. The van der Waals surface area contributed by atoms with Crippen molar-refractivity contribution in [1.82, 2.24) is 10.2 Å². The molecular weight excluding hydrogens is 540 g/mol. The summed E-state index contributed by atoms with van der Waals surface area (Å²) in [5.41, 5.74) is 7.63. The molecule has 3 aromatic carbocycles. The van der Waals surface area contributed by atoms with Crippen LogP contribution in [0.4, 0.5) is 5.69 Å². The summed E-state index contributed by atoms with van der Waals surface area (Å²) in [4.78, 5) is 28.4. The smallest absolute Gasteiger partial charge is 0.254 e. The Labute approximate surface area is 242 Å². The molecule has 1 aliphatic carbocycles. The van der Waals surface area contributed by atoms with Crippen LogP contribution in [0.1, 0.15) is 57.7 Å². The third kappa shape index (κ3) is 7.72. The maximum Gasteiger partial charge on any atom is 0.254 e. The van der Waals surface area contributed by atoms with Crippen LogP contribution in [-0.4, -0.2) is 68.3 Å². The lowest BCUT2D eigenvalue weighted by Crippen LogP contribution is -2.52.